The minimum absolute atomic E-state index is 0.131. The standard InChI is InChI=1S/C11H15ClOS/c1-7-3-4-10(14-7)11(12)9-5-6-13-8(9)2/h3-4,8-9,11H,5-6H2,1-2H3. The van der Waals surface area contributed by atoms with E-state index < -0.39 is 0 Å². The molecular formula is C11H15ClOS. The summed E-state index contributed by atoms with van der Waals surface area (Å²) >= 11 is 8.25. The van der Waals surface area contributed by atoms with Crippen LogP contribution in [0.5, 0.6) is 0 Å². The lowest BCUT2D eigenvalue weighted by Gasteiger charge is -2.18. The van der Waals surface area contributed by atoms with Crippen molar-refractivity contribution in [1.82, 2.24) is 0 Å². The van der Waals surface area contributed by atoms with E-state index in [1.54, 1.807) is 11.3 Å². The predicted molar refractivity (Wildman–Crippen MR) is 61.2 cm³/mol. The van der Waals surface area contributed by atoms with Crippen LogP contribution < -0.4 is 0 Å². The zero-order chi connectivity index (χ0) is 10.1. The van der Waals surface area contributed by atoms with Gasteiger partial charge < -0.3 is 4.74 Å². The normalized spacial score (nSPS) is 29.4. The molecule has 14 heavy (non-hydrogen) atoms. The van der Waals surface area contributed by atoms with Crippen LogP contribution in [0, 0.1) is 12.8 Å². The van der Waals surface area contributed by atoms with Gasteiger partial charge in [-0.2, -0.15) is 0 Å². The summed E-state index contributed by atoms with van der Waals surface area (Å²) in [4.78, 5) is 2.61. The van der Waals surface area contributed by atoms with Gasteiger partial charge in [-0.15, -0.1) is 22.9 Å². The average molecular weight is 231 g/mol. The number of hydrogen-bond donors (Lipinski definition) is 0. The van der Waals surface area contributed by atoms with Crippen molar-refractivity contribution in [2.24, 2.45) is 5.92 Å². The zero-order valence-electron chi connectivity index (χ0n) is 8.50. The monoisotopic (exact) mass is 230 g/mol. The molecule has 1 nitrogen and oxygen atoms in total. The van der Waals surface area contributed by atoms with Crippen molar-refractivity contribution in [3.05, 3.63) is 21.9 Å². The van der Waals surface area contributed by atoms with E-state index in [4.69, 9.17) is 16.3 Å². The highest BCUT2D eigenvalue weighted by atomic mass is 35.5. The quantitative estimate of drug-likeness (QED) is 0.703. The van der Waals surface area contributed by atoms with Crippen LogP contribution in [0.25, 0.3) is 0 Å². The first-order valence-corrected chi connectivity index (χ1v) is 6.26. The lowest BCUT2D eigenvalue weighted by molar-refractivity contribution is 0.105. The summed E-state index contributed by atoms with van der Waals surface area (Å²) in [6, 6.07) is 4.28. The van der Waals surface area contributed by atoms with Crippen LogP contribution >= 0.6 is 22.9 Å². The second-order valence-electron chi connectivity index (χ2n) is 3.88. The maximum Gasteiger partial charge on any atom is 0.0732 e. The number of hydrogen-bond acceptors (Lipinski definition) is 2. The van der Waals surface area contributed by atoms with Crippen LogP contribution in [-0.2, 0) is 4.74 Å². The van der Waals surface area contributed by atoms with E-state index in [0.717, 1.165) is 13.0 Å². The Bertz CT molecular complexity index is 310. The van der Waals surface area contributed by atoms with E-state index in [9.17, 15) is 0 Å². The maximum atomic E-state index is 6.45. The minimum Gasteiger partial charge on any atom is -0.378 e. The van der Waals surface area contributed by atoms with Crippen molar-refractivity contribution in [3.63, 3.8) is 0 Å². The first kappa shape index (κ1) is 10.5. The van der Waals surface area contributed by atoms with Crippen LogP contribution in [0.3, 0.4) is 0 Å². The van der Waals surface area contributed by atoms with Gasteiger partial charge in [-0.05, 0) is 32.4 Å². The Hall–Kier alpha value is -0.0500. The van der Waals surface area contributed by atoms with Crippen LogP contribution in [0.2, 0.25) is 0 Å². The van der Waals surface area contributed by atoms with Crippen molar-refractivity contribution in [2.45, 2.75) is 31.7 Å². The number of halogens is 1. The Morgan fingerprint density at radius 2 is 2.36 bits per heavy atom. The van der Waals surface area contributed by atoms with E-state index in [1.165, 1.54) is 9.75 Å². The zero-order valence-corrected chi connectivity index (χ0v) is 10.1. The molecule has 1 aliphatic heterocycles. The van der Waals surface area contributed by atoms with E-state index in [1.807, 2.05) is 0 Å². The van der Waals surface area contributed by atoms with Gasteiger partial charge in [-0.3, -0.25) is 0 Å². The second kappa shape index (κ2) is 4.21. The van der Waals surface area contributed by atoms with Crippen LogP contribution in [0.4, 0.5) is 0 Å². The number of aryl methyl sites for hydroxylation is 1. The van der Waals surface area contributed by atoms with Crippen molar-refractivity contribution in [2.75, 3.05) is 6.61 Å². The fourth-order valence-electron chi connectivity index (χ4n) is 1.95. The first-order valence-electron chi connectivity index (χ1n) is 5.00. The molecule has 1 aromatic heterocycles. The number of thiophene rings is 1. The van der Waals surface area contributed by atoms with Gasteiger partial charge >= 0.3 is 0 Å². The molecule has 78 valence electrons. The highest BCUT2D eigenvalue weighted by molar-refractivity contribution is 7.12. The minimum atomic E-state index is 0.131. The molecule has 3 atom stereocenters. The van der Waals surface area contributed by atoms with Crippen molar-refractivity contribution in [3.8, 4) is 0 Å². The average Bonchev–Trinajstić information content (AvgIpc) is 2.73. The molecule has 0 spiro atoms. The van der Waals surface area contributed by atoms with E-state index in [0.29, 0.717) is 12.0 Å². The fourth-order valence-corrected chi connectivity index (χ4v) is 3.41. The SMILES string of the molecule is Cc1ccc(C(Cl)C2CCOC2C)s1. The molecule has 0 saturated carbocycles. The Morgan fingerprint density at radius 3 is 2.86 bits per heavy atom. The number of alkyl halides is 1. The molecule has 1 aliphatic rings. The number of ether oxygens (including phenoxy) is 1. The summed E-state index contributed by atoms with van der Waals surface area (Å²) in [6.45, 7) is 5.10. The lowest BCUT2D eigenvalue weighted by atomic mass is 9.97. The van der Waals surface area contributed by atoms with Crippen molar-refractivity contribution in [1.29, 1.82) is 0 Å². The van der Waals surface area contributed by atoms with Gasteiger partial charge in [0.05, 0.1) is 11.5 Å². The smallest absolute Gasteiger partial charge is 0.0732 e. The molecule has 3 heteroatoms. The summed E-state index contributed by atoms with van der Waals surface area (Å²) in [5, 5.41) is 0.131. The molecule has 2 heterocycles. The summed E-state index contributed by atoms with van der Waals surface area (Å²) in [5.74, 6) is 0.481. The Kier molecular flexibility index (Phi) is 3.15. The third-order valence-corrected chi connectivity index (χ3v) is 4.62. The topological polar surface area (TPSA) is 9.23 Å². The first-order chi connectivity index (χ1) is 6.68. The Labute approximate surface area is 94.0 Å². The molecule has 3 unspecified atom stereocenters. The van der Waals surface area contributed by atoms with Crippen molar-refractivity contribution < 1.29 is 4.74 Å². The molecule has 1 fully saturated rings. The van der Waals surface area contributed by atoms with Gasteiger partial charge in [0.15, 0.2) is 0 Å². The Morgan fingerprint density at radius 1 is 1.57 bits per heavy atom. The third-order valence-electron chi connectivity index (χ3n) is 2.84. The molecule has 0 N–H and O–H groups in total. The summed E-state index contributed by atoms with van der Waals surface area (Å²) in [5.41, 5.74) is 0. The molecule has 2 rings (SSSR count). The summed E-state index contributed by atoms with van der Waals surface area (Å²) < 4.78 is 5.54. The van der Waals surface area contributed by atoms with E-state index in [2.05, 4.69) is 26.0 Å². The number of rotatable bonds is 2. The highest BCUT2D eigenvalue weighted by Crippen LogP contribution is 2.40. The predicted octanol–water partition coefficient (Wildman–Crippen LogP) is 3.76. The van der Waals surface area contributed by atoms with Gasteiger partial charge in [0.1, 0.15) is 0 Å². The molecule has 1 saturated heterocycles. The van der Waals surface area contributed by atoms with Gasteiger partial charge in [0.2, 0.25) is 0 Å². The Balaban J connectivity index is 2.11. The summed E-state index contributed by atoms with van der Waals surface area (Å²) in [6.07, 6.45) is 1.40. The van der Waals surface area contributed by atoms with E-state index >= 15 is 0 Å². The molecule has 0 amide bonds. The largest absolute Gasteiger partial charge is 0.378 e. The highest BCUT2D eigenvalue weighted by Gasteiger charge is 2.32. The van der Waals surface area contributed by atoms with Gasteiger partial charge in [-0.25, -0.2) is 0 Å². The van der Waals surface area contributed by atoms with Gasteiger partial charge in [-0.1, -0.05) is 0 Å². The lowest BCUT2D eigenvalue weighted by Crippen LogP contribution is -2.15. The molecule has 0 radical (unpaired) electrons. The van der Waals surface area contributed by atoms with Crippen LogP contribution in [0.15, 0.2) is 12.1 Å². The summed E-state index contributed by atoms with van der Waals surface area (Å²) in [7, 11) is 0. The molecule has 1 aromatic rings. The fraction of sp³-hybridized carbons (Fsp3) is 0.636. The second-order valence-corrected chi connectivity index (χ2v) is 5.67. The van der Waals surface area contributed by atoms with E-state index in [-0.39, 0.29) is 5.38 Å². The molecule has 0 bridgehead atoms. The van der Waals surface area contributed by atoms with Crippen molar-refractivity contribution >= 4 is 22.9 Å². The van der Waals surface area contributed by atoms with Gasteiger partial charge in [0, 0.05) is 22.3 Å². The van der Waals surface area contributed by atoms with Crippen LogP contribution in [0.1, 0.15) is 28.5 Å². The van der Waals surface area contributed by atoms with Gasteiger partial charge in [0.25, 0.3) is 0 Å². The van der Waals surface area contributed by atoms with Crippen LogP contribution in [-0.4, -0.2) is 12.7 Å². The molecular weight excluding hydrogens is 216 g/mol. The third kappa shape index (κ3) is 1.97. The maximum absolute atomic E-state index is 6.45. The molecule has 0 aromatic carbocycles. The molecule has 0 aliphatic carbocycles.